The molecule has 0 bridgehead atoms. The van der Waals surface area contributed by atoms with Crippen LogP contribution in [-0.2, 0) is 6.54 Å². The molecular weight excluding hydrogens is 234 g/mol. The fraction of sp³-hybridized carbons (Fsp3) is 0.308. The maximum atomic E-state index is 6.03. The first-order valence-electron chi connectivity index (χ1n) is 5.70. The largest absolute Gasteiger partial charge is 0.308 e. The Morgan fingerprint density at radius 2 is 2.24 bits per heavy atom. The summed E-state index contributed by atoms with van der Waals surface area (Å²) < 4.78 is 1.99. The van der Waals surface area contributed by atoms with Gasteiger partial charge in [-0.1, -0.05) is 23.7 Å². The van der Waals surface area contributed by atoms with Crippen LogP contribution in [0.15, 0.2) is 36.5 Å². The summed E-state index contributed by atoms with van der Waals surface area (Å²) in [6, 6.07) is 10.1. The van der Waals surface area contributed by atoms with E-state index in [9.17, 15) is 0 Å². The van der Waals surface area contributed by atoms with Crippen LogP contribution in [0.3, 0.4) is 0 Å². The molecule has 1 atom stereocenters. The smallest absolute Gasteiger partial charge is 0.0746 e. The fourth-order valence-electron chi connectivity index (χ4n) is 2.02. The van der Waals surface area contributed by atoms with E-state index in [1.54, 1.807) is 0 Å². The predicted molar refractivity (Wildman–Crippen MR) is 70.3 cm³/mol. The van der Waals surface area contributed by atoms with E-state index >= 15 is 0 Å². The minimum absolute atomic E-state index is 0.121. The second kappa shape index (κ2) is 5.34. The number of rotatable bonds is 4. The Labute approximate surface area is 106 Å². The van der Waals surface area contributed by atoms with Crippen LogP contribution in [0.4, 0.5) is 0 Å². The second-order valence-electron chi connectivity index (χ2n) is 3.85. The Morgan fingerprint density at radius 3 is 2.88 bits per heavy atom. The van der Waals surface area contributed by atoms with Gasteiger partial charge >= 0.3 is 0 Å². The zero-order chi connectivity index (χ0) is 12.3. The molecule has 90 valence electrons. The van der Waals surface area contributed by atoms with Gasteiger partial charge in [0.15, 0.2) is 0 Å². The van der Waals surface area contributed by atoms with Crippen LogP contribution >= 0.6 is 11.6 Å². The molecular formula is C13H16ClN3. The Hall–Kier alpha value is -1.32. The molecule has 0 amide bonds. The average molecular weight is 250 g/mol. The maximum Gasteiger partial charge on any atom is 0.0746 e. The van der Waals surface area contributed by atoms with Crippen molar-refractivity contribution in [1.82, 2.24) is 15.1 Å². The van der Waals surface area contributed by atoms with Gasteiger partial charge in [0, 0.05) is 17.8 Å². The van der Waals surface area contributed by atoms with Gasteiger partial charge in [-0.2, -0.15) is 5.10 Å². The number of nitrogens with one attached hydrogen (secondary N) is 1. The van der Waals surface area contributed by atoms with Gasteiger partial charge in [0.25, 0.3) is 0 Å². The molecule has 1 aromatic carbocycles. The van der Waals surface area contributed by atoms with Crippen molar-refractivity contribution in [3.8, 4) is 0 Å². The highest BCUT2D eigenvalue weighted by Gasteiger charge is 2.15. The molecule has 1 unspecified atom stereocenters. The van der Waals surface area contributed by atoms with Crippen LogP contribution < -0.4 is 5.32 Å². The molecule has 1 N–H and O–H groups in total. The highest BCUT2D eigenvalue weighted by atomic mass is 35.5. The van der Waals surface area contributed by atoms with Gasteiger partial charge < -0.3 is 5.32 Å². The van der Waals surface area contributed by atoms with E-state index in [1.807, 2.05) is 42.2 Å². The van der Waals surface area contributed by atoms with E-state index in [2.05, 4.69) is 23.4 Å². The minimum Gasteiger partial charge on any atom is -0.308 e. The molecule has 0 aliphatic rings. The highest BCUT2D eigenvalue weighted by Crippen LogP contribution is 2.23. The Bertz CT molecular complexity index is 493. The number of benzene rings is 1. The molecule has 0 radical (unpaired) electrons. The van der Waals surface area contributed by atoms with Crippen molar-refractivity contribution in [2.24, 2.45) is 0 Å². The molecule has 0 saturated heterocycles. The lowest BCUT2D eigenvalue weighted by atomic mass is 10.0. The van der Waals surface area contributed by atoms with Gasteiger partial charge in [0.2, 0.25) is 0 Å². The van der Waals surface area contributed by atoms with Crippen molar-refractivity contribution in [3.05, 3.63) is 52.8 Å². The third-order valence-electron chi connectivity index (χ3n) is 2.82. The topological polar surface area (TPSA) is 29.9 Å². The van der Waals surface area contributed by atoms with Crippen molar-refractivity contribution in [2.45, 2.75) is 19.5 Å². The van der Waals surface area contributed by atoms with E-state index in [0.29, 0.717) is 0 Å². The molecule has 1 aromatic heterocycles. The molecule has 1 heterocycles. The van der Waals surface area contributed by atoms with E-state index in [0.717, 1.165) is 22.8 Å². The van der Waals surface area contributed by atoms with E-state index < -0.39 is 0 Å². The summed E-state index contributed by atoms with van der Waals surface area (Å²) in [5, 5.41) is 8.35. The molecule has 0 aliphatic heterocycles. The molecule has 0 saturated carbocycles. The second-order valence-corrected chi connectivity index (χ2v) is 4.28. The number of hydrogen-bond acceptors (Lipinski definition) is 2. The monoisotopic (exact) mass is 249 g/mol. The van der Waals surface area contributed by atoms with Gasteiger partial charge in [-0.05, 0) is 37.7 Å². The standard InChI is InChI=1S/C13H16ClN3/c1-3-17-12(7-8-16-17)13(15-2)10-5-4-6-11(14)9-10/h4-9,13,15H,3H2,1-2H3. The average Bonchev–Trinajstić information content (AvgIpc) is 2.78. The SMILES string of the molecule is CCn1nccc1C(NC)c1cccc(Cl)c1. The zero-order valence-electron chi connectivity index (χ0n) is 10.0. The first-order valence-corrected chi connectivity index (χ1v) is 6.08. The number of halogens is 1. The van der Waals surface area contributed by atoms with Crippen LogP contribution in [0.25, 0.3) is 0 Å². The molecule has 0 spiro atoms. The summed E-state index contributed by atoms with van der Waals surface area (Å²) in [6.45, 7) is 2.95. The number of hydrogen-bond donors (Lipinski definition) is 1. The van der Waals surface area contributed by atoms with Crippen LogP contribution in [-0.4, -0.2) is 16.8 Å². The summed E-state index contributed by atoms with van der Waals surface area (Å²) in [6.07, 6.45) is 1.83. The van der Waals surface area contributed by atoms with Crippen molar-refractivity contribution in [3.63, 3.8) is 0 Å². The molecule has 17 heavy (non-hydrogen) atoms. The Kier molecular flexibility index (Phi) is 3.82. The molecule has 4 heteroatoms. The summed E-state index contributed by atoms with van der Waals surface area (Å²) in [7, 11) is 1.94. The minimum atomic E-state index is 0.121. The van der Waals surface area contributed by atoms with Crippen LogP contribution in [0, 0.1) is 0 Å². The van der Waals surface area contributed by atoms with Crippen LogP contribution in [0.5, 0.6) is 0 Å². The molecule has 3 nitrogen and oxygen atoms in total. The first kappa shape index (κ1) is 12.1. The zero-order valence-corrected chi connectivity index (χ0v) is 10.8. The van der Waals surface area contributed by atoms with Gasteiger partial charge in [0.1, 0.15) is 0 Å². The Morgan fingerprint density at radius 1 is 1.41 bits per heavy atom. The quantitative estimate of drug-likeness (QED) is 0.903. The number of aryl methyl sites for hydroxylation is 1. The third-order valence-corrected chi connectivity index (χ3v) is 3.05. The summed E-state index contributed by atoms with van der Waals surface area (Å²) in [4.78, 5) is 0. The third kappa shape index (κ3) is 2.51. The van der Waals surface area contributed by atoms with Crippen LogP contribution in [0.2, 0.25) is 5.02 Å². The highest BCUT2D eigenvalue weighted by molar-refractivity contribution is 6.30. The van der Waals surface area contributed by atoms with Crippen LogP contribution in [0.1, 0.15) is 24.2 Å². The molecule has 0 aliphatic carbocycles. The maximum absolute atomic E-state index is 6.03. The Balaban J connectivity index is 2.40. The van der Waals surface area contributed by atoms with Crippen molar-refractivity contribution in [2.75, 3.05) is 7.05 Å². The fourth-order valence-corrected chi connectivity index (χ4v) is 2.22. The van der Waals surface area contributed by atoms with Gasteiger partial charge in [-0.3, -0.25) is 4.68 Å². The first-order chi connectivity index (χ1) is 8.26. The van der Waals surface area contributed by atoms with Crippen molar-refractivity contribution >= 4 is 11.6 Å². The predicted octanol–water partition coefficient (Wildman–Crippen LogP) is 2.87. The lowest BCUT2D eigenvalue weighted by Gasteiger charge is -2.18. The molecule has 0 fully saturated rings. The summed E-state index contributed by atoms with van der Waals surface area (Å²) in [5.74, 6) is 0. The molecule has 2 rings (SSSR count). The summed E-state index contributed by atoms with van der Waals surface area (Å²) >= 11 is 6.03. The van der Waals surface area contributed by atoms with Gasteiger partial charge in [-0.15, -0.1) is 0 Å². The van der Waals surface area contributed by atoms with Crippen molar-refractivity contribution in [1.29, 1.82) is 0 Å². The van der Waals surface area contributed by atoms with Gasteiger partial charge in [0.05, 0.1) is 11.7 Å². The number of aromatic nitrogens is 2. The summed E-state index contributed by atoms with van der Waals surface area (Å²) in [5.41, 5.74) is 2.30. The van der Waals surface area contributed by atoms with E-state index in [-0.39, 0.29) is 6.04 Å². The normalized spacial score (nSPS) is 12.6. The lowest BCUT2D eigenvalue weighted by molar-refractivity contribution is 0.563. The van der Waals surface area contributed by atoms with E-state index in [4.69, 9.17) is 11.6 Å². The molecule has 2 aromatic rings. The van der Waals surface area contributed by atoms with Crippen molar-refractivity contribution < 1.29 is 0 Å². The number of nitrogens with zero attached hydrogens (tertiary/aromatic N) is 2. The van der Waals surface area contributed by atoms with Gasteiger partial charge in [-0.25, -0.2) is 0 Å². The lowest BCUT2D eigenvalue weighted by Crippen LogP contribution is -2.21. The van der Waals surface area contributed by atoms with E-state index in [1.165, 1.54) is 0 Å².